The van der Waals surface area contributed by atoms with E-state index in [0.717, 1.165) is 11.1 Å². The molecular formula is C28H28F5O4PS. The van der Waals surface area contributed by atoms with E-state index in [9.17, 15) is 26.5 Å². The zero-order valence-corrected chi connectivity index (χ0v) is 24.4. The number of phosphoric ester groups is 1. The Hall–Kier alpha value is -2.71. The van der Waals surface area contributed by atoms with Crippen molar-refractivity contribution in [1.82, 2.24) is 0 Å². The molecule has 210 valence electrons. The van der Waals surface area contributed by atoms with Crippen LogP contribution in [0.4, 0.5) is 22.0 Å². The van der Waals surface area contributed by atoms with Gasteiger partial charge in [-0.25, -0.2) is 13.2 Å². The normalized spacial score (nSPS) is 14.9. The minimum atomic E-state index is -5.15. The van der Waals surface area contributed by atoms with Gasteiger partial charge >= 0.3 is 7.82 Å². The molecule has 0 spiro atoms. The monoisotopic (exact) mass is 586 g/mol. The number of benzene rings is 3. The van der Waals surface area contributed by atoms with Crippen molar-refractivity contribution in [3.63, 3.8) is 0 Å². The van der Waals surface area contributed by atoms with E-state index >= 15 is 0 Å². The van der Waals surface area contributed by atoms with E-state index in [1.54, 1.807) is 24.3 Å². The Kier molecular flexibility index (Phi) is 7.31. The molecule has 0 N–H and O–H groups in total. The summed E-state index contributed by atoms with van der Waals surface area (Å²) in [5, 5.41) is 0. The summed E-state index contributed by atoms with van der Waals surface area (Å²) < 4.78 is 102. The first-order valence-electron chi connectivity index (χ1n) is 12.0. The topological polar surface area (TPSA) is 44.8 Å². The molecule has 4 nitrogen and oxygen atoms in total. The molecule has 11 heteroatoms. The van der Waals surface area contributed by atoms with E-state index in [1.165, 1.54) is 11.8 Å². The molecule has 3 aromatic rings. The average Bonchev–Trinajstić information content (AvgIpc) is 2.80. The van der Waals surface area contributed by atoms with Crippen molar-refractivity contribution in [2.45, 2.75) is 76.0 Å². The van der Waals surface area contributed by atoms with E-state index < -0.39 is 53.5 Å². The van der Waals surface area contributed by atoms with Gasteiger partial charge < -0.3 is 13.6 Å². The van der Waals surface area contributed by atoms with E-state index in [4.69, 9.17) is 13.6 Å². The van der Waals surface area contributed by atoms with Crippen LogP contribution in [0.25, 0.3) is 0 Å². The van der Waals surface area contributed by atoms with Crippen molar-refractivity contribution in [1.29, 1.82) is 0 Å². The van der Waals surface area contributed by atoms with Crippen LogP contribution >= 0.6 is 19.6 Å². The van der Waals surface area contributed by atoms with Crippen LogP contribution in [-0.4, -0.2) is 0 Å². The zero-order valence-electron chi connectivity index (χ0n) is 22.7. The number of aryl methyl sites for hydroxylation is 2. The number of fused-ring (bicyclic) bond motifs is 2. The number of phosphoric acid groups is 1. The Labute approximate surface area is 228 Å². The molecule has 0 saturated carbocycles. The molecule has 0 amide bonds. The van der Waals surface area contributed by atoms with Crippen molar-refractivity contribution in [3.05, 3.63) is 75.6 Å². The zero-order chi connectivity index (χ0) is 29.2. The van der Waals surface area contributed by atoms with Crippen molar-refractivity contribution in [2.24, 2.45) is 0 Å². The highest BCUT2D eigenvalue weighted by Gasteiger charge is 2.43. The van der Waals surface area contributed by atoms with Gasteiger partial charge in [0.05, 0.1) is 9.79 Å². The molecule has 0 bridgehead atoms. The third-order valence-corrected chi connectivity index (χ3v) is 8.28. The summed E-state index contributed by atoms with van der Waals surface area (Å²) in [6.45, 7) is 15.0. The Balaban J connectivity index is 2.05. The summed E-state index contributed by atoms with van der Waals surface area (Å²) in [5.41, 5.74) is 1.72. The van der Waals surface area contributed by atoms with Crippen LogP contribution in [0, 0.1) is 42.9 Å². The van der Waals surface area contributed by atoms with Crippen LogP contribution in [-0.2, 0) is 15.4 Å². The quantitative estimate of drug-likeness (QED) is 0.129. The van der Waals surface area contributed by atoms with E-state index in [-0.39, 0.29) is 11.5 Å². The second kappa shape index (κ2) is 9.73. The first-order valence-corrected chi connectivity index (χ1v) is 14.3. The van der Waals surface area contributed by atoms with Gasteiger partial charge in [0, 0.05) is 11.1 Å². The van der Waals surface area contributed by atoms with E-state index in [2.05, 4.69) is 0 Å². The molecule has 39 heavy (non-hydrogen) atoms. The lowest BCUT2D eigenvalue weighted by Gasteiger charge is -2.32. The molecule has 3 aromatic carbocycles. The van der Waals surface area contributed by atoms with Gasteiger partial charge in [0.1, 0.15) is 0 Å². The van der Waals surface area contributed by atoms with Gasteiger partial charge in [0.15, 0.2) is 11.5 Å². The van der Waals surface area contributed by atoms with Gasteiger partial charge in [-0.15, -0.1) is 0 Å². The third kappa shape index (κ3) is 5.50. The Morgan fingerprint density at radius 2 is 1.03 bits per heavy atom. The molecule has 1 heterocycles. The van der Waals surface area contributed by atoms with Crippen molar-refractivity contribution >= 4 is 19.6 Å². The van der Waals surface area contributed by atoms with Crippen LogP contribution in [0.5, 0.6) is 17.2 Å². The summed E-state index contributed by atoms with van der Waals surface area (Å²) in [6, 6.07) is 7.15. The predicted molar refractivity (Wildman–Crippen MR) is 140 cm³/mol. The number of halogens is 5. The van der Waals surface area contributed by atoms with Gasteiger partial charge in [0.2, 0.25) is 34.8 Å². The summed E-state index contributed by atoms with van der Waals surface area (Å²) in [5.74, 6) is -13.1. The minimum absolute atomic E-state index is 0.0507. The van der Waals surface area contributed by atoms with Gasteiger partial charge in [-0.3, -0.25) is 0 Å². The number of rotatable bonds is 2. The van der Waals surface area contributed by atoms with Crippen molar-refractivity contribution < 1.29 is 40.1 Å². The Morgan fingerprint density at radius 1 is 0.667 bits per heavy atom. The van der Waals surface area contributed by atoms with Gasteiger partial charge in [0.25, 0.3) is 0 Å². The molecule has 1 aliphatic heterocycles. The smallest absolute Gasteiger partial charge is 0.384 e. The molecule has 1 aliphatic rings. The standard InChI is InChI=1S/C28H28F5O4PS/c1-13-9-15(27(3,4)5)24-17(11-13)39-18-12-14(2)10-16(28(6,7)8)25(18)36-38(34,35-24)37-26-22(32)20(30)19(29)21(31)23(26)33/h9-12H,1-8H3. The maximum Gasteiger partial charge on any atom is 0.647 e. The lowest BCUT2D eigenvalue weighted by atomic mass is 9.85. The Morgan fingerprint density at radius 3 is 1.38 bits per heavy atom. The largest absolute Gasteiger partial charge is 0.647 e. The van der Waals surface area contributed by atoms with Gasteiger partial charge in [-0.2, -0.15) is 13.3 Å². The molecule has 0 fully saturated rings. The van der Waals surface area contributed by atoms with Crippen LogP contribution in [0.3, 0.4) is 0 Å². The fourth-order valence-corrected chi connectivity index (χ4v) is 6.78. The predicted octanol–water partition coefficient (Wildman–Crippen LogP) is 9.70. The fourth-order valence-electron chi connectivity index (χ4n) is 4.11. The Bertz CT molecular complexity index is 1440. The first kappa shape index (κ1) is 29.3. The molecule has 4 rings (SSSR count). The van der Waals surface area contributed by atoms with Crippen molar-refractivity contribution in [2.75, 3.05) is 0 Å². The van der Waals surface area contributed by atoms with E-state index in [1.807, 2.05) is 55.4 Å². The average molecular weight is 587 g/mol. The highest BCUT2D eigenvalue weighted by molar-refractivity contribution is 7.99. The highest BCUT2D eigenvalue weighted by Crippen LogP contribution is 2.60. The maximum absolute atomic E-state index is 14.7. The molecule has 0 aromatic heterocycles. The fraction of sp³-hybridized carbons (Fsp3) is 0.357. The van der Waals surface area contributed by atoms with Crippen molar-refractivity contribution in [3.8, 4) is 17.2 Å². The van der Waals surface area contributed by atoms with Gasteiger partial charge in [-0.05, 0) is 47.9 Å². The summed E-state index contributed by atoms with van der Waals surface area (Å²) in [6.07, 6.45) is 0. The van der Waals surface area contributed by atoms with E-state index in [0.29, 0.717) is 20.9 Å². The second-order valence-electron chi connectivity index (χ2n) is 11.5. The minimum Gasteiger partial charge on any atom is -0.384 e. The highest BCUT2D eigenvalue weighted by atomic mass is 32.2. The summed E-state index contributed by atoms with van der Waals surface area (Å²) in [7, 11) is -5.15. The molecular weight excluding hydrogens is 558 g/mol. The molecule has 0 atom stereocenters. The summed E-state index contributed by atoms with van der Waals surface area (Å²) >= 11 is 1.28. The molecule has 0 saturated heterocycles. The SMILES string of the molecule is Cc1cc2c(c(C(C)(C)C)c1)OP(=O)(Oc1c(F)c(F)c(F)c(F)c1F)Oc1c(cc(C)cc1C(C)(C)C)S2. The lowest BCUT2D eigenvalue weighted by molar-refractivity contribution is 0.267. The van der Waals surface area contributed by atoms with Gasteiger partial charge in [-0.1, -0.05) is 65.4 Å². The summed E-state index contributed by atoms with van der Waals surface area (Å²) in [4.78, 5) is 1.02. The number of hydrogen-bond donors (Lipinski definition) is 0. The molecule has 0 aliphatic carbocycles. The third-order valence-electron chi connectivity index (χ3n) is 6.01. The second-order valence-corrected chi connectivity index (χ2v) is 14.0. The number of hydrogen-bond acceptors (Lipinski definition) is 5. The molecule has 0 unspecified atom stereocenters. The first-order chi connectivity index (χ1) is 17.8. The van der Waals surface area contributed by atoms with Crippen LogP contribution in [0.15, 0.2) is 34.1 Å². The molecule has 0 radical (unpaired) electrons. The van der Waals surface area contributed by atoms with Crippen LogP contribution < -0.4 is 13.6 Å². The lowest BCUT2D eigenvalue weighted by Crippen LogP contribution is -2.20. The van der Waals surface area contributed by atoms with Crippen LogP contribution in [0.1, 0.15) is 63.8 Å². The van der Waals surface area contributed by atoms with Crippen LogP contribution in [0.2, 0.25) is 0 Å². The maximum atomic E-state index is 14.7.